The molecule has 0 aromatic carbocycles. The topological polar surface area (TPSA) is 295 Å². The van der Waals surface area contributed by atoms with E-state index in [1.807, 2.05) is 0 Å². The number of aliphatic hydroxyl groups is 2. The lowest BCUT2D eigenvalue weighted by Crippen LogP contribution is -2.61. The molecule has 0 bridgehead atoms. The van der Waals surface area contributed by atoms with Crippen LogP contribution < -0.4 is 37.6 Å². The molecule has 11 N–H and O–H groups in total. The Morgan fingerprint density at radius 3 is 1.33 bits per heavy atom. The zero-order valence-electron chi connectivity index (χ0n) is 37.1. The molecular weight excluding hydrogens is 778 g/mol. The predicted molar refractivity (Wildman–Crippen MR) is 226 cm³/mol. The molecule has 0 radical (unpaired) electrons. The van der Waals surface area contributed by atoms with Crippen molar-refractivity contribution < 1.29 is 53.7 Å². The first kappa shape index (κ1) is 55.7. The van der Waals surface area contributed by atoms with Crippen molar-refractivity contribution in [2.45, 2.75) is 207 Å². The number of carboxylic acids is 1. The minimum atomic E-state index is -1.78. The monoisotopic (exact) mass is 856 g/mol. The number of rotatable bonds is 34. The SMILES string of the molecule is CCCCCCCCCCCCCCCC(=O)N[C@@H](C)C(=O)N[C@@H](C)C(=O)N[C@H](C(=O)N[C@H](C(=O)N[C@@H](CCC(=O)O)C(=O)N[C@@H](CCC(O)O)C(N)=O)C(C)C)C(C)C. The van der Waals surface area contributed by atoms with Crippen LogP contribution in [-0.2, 0) is 38.4 Å². The third-order valence-electron chi connectivity index (χ3n) is 10.2. The molecule has 0 unspecified atom stereocenters. The lowest BCUT2D eigenvalue weighted by atomic mass is 9.98. The summed E-state index contributed by atoms with van der Waals surface area (Å²) in [6.07, 6.45) is 12.4. The van der Waals surface area contributed by atoms with Crippen molar-refractivity contribution in [3.63, 3.8) is 0 Å². The van der Waals surface area contributed by atoms with Gasteiger partial charge in [-0.05, 0) is 44.9 Å². The zero-order valence-corrected chi connectivity index (χ0v) is 37.1. The molecule has 0 aliphatic carbocycles. The van der Waals surface area contributed by atoms with E-state index in [4.69, 9.17) is 15.9 Å². The van der Waals surface area contributed by atoms with Crippen LogP contribution in [0.15, 0.2) is 0 Å². The van der Waals surface area contributed by atoms with Gasteiger partial charge in [0.1, 0.15) is 36.3 Å². The molecule has 0 heterocycles. The van der Waals surface area contributed by atoms with E-state index in [0.29, 0.717) is 6.42 Å². The average molecular weight is 856 g/mol. The van der Waals surface area contributed by atoms with Gasteiger partial charge in [-0.25, -0.2) is 0 Å². The van der Waals surface area contributed by atoms with Crippen molar-refractivity contribution >= 4 is 47.3 Å². The van der Waals surface area contributed by atoms with Crippen LogP contribution in [0.25, 0.3) is 0 Å². The molecule has 0 saturated heterocycles. The van der Waals surface area contributed by atoms with Crippen molar-refractivity contribution in [1.29, 1.82) is 0 Å². The van der Waals surface area contributed by atoms with Crippen LogP contribution >= 0.6 is 0 Å². The standard InChI is InChI=1S/C42H77N7O11/c1-8-9-10-11-12-13-14-15-16-17-18-19-20-21-32(50)44-28(6)38(56)45-29(7)39(57)48-36(27(4)5)42(60)49-35(26(2)3)41(59)47-31(23-25-34(53)54)40(58)46-30(37(43)55)22-24-33(51)52/h26-31,33,35-36,51-52H,8-25H2,1-7H3,(H2,43,55)(H,44,50)(H,45,56)(H,46,58)(H,47,59)(H,48,57)(H,49,60)(H,53,54)/t28-,29-,30-,31-,35-,36-/m0/s1. The van der Waals surface area contributed by atoms with E-state index in [9.17, 15) is 43.5 Å². The number of carbonyl (C=O) groups is 8. The number of nitrogens with two attached hydrogens (primary N) is 1. The first-order valence-electron chi connectivity index (χ1n) is 21.9. The largest absolute Gasteiger partial charge is 0.481 e. The van der Waals surface area contributed by atoms with Gasteiger partial charge >= 0.3 is 5.97 Å². The van der Waals surface area contributed by atoms with Crippen LogP contribution in [0.3, 0.4) is 0 Å². The molecule has 0 rings (SSSR count). The van der Waals surface area contributed by atoms with E-state index in [1.165, 1.54) is 71.6 Å². The highest BCUT2D eigenvalue weighted by Crippen LogP contribution is 2.14. The Morgan fingerprint density at radius 2 is 0.883 bits per heavy atom. The van der Waals surface area contributed by atoms with Gasteiger partial charge in [0.2, 0.25) is 41.4 Å². The highest BCUT2D eigenvalue weighted by Gasteiger charge is 2.34. The molecule has 60 heavy (non-hydrogen) atoms. The maximum absolute atomic E-state index is 13.5. The van der Waals surface area contributed by atoms with Gasteiger partial charge in [-0.3, -0.25) is 38.4 Å². The molecule has 0 aliphatic heterocycles. The fourth-order valence-corrected chi connectivity index (χ4v) is 6.35. The van der Waals surface area contributed by atoms with Gasteiger partial charge in [-0.1, -0.05) is 112 Å². The number of primary amides is 1. The number of unbranched alkanes of at least 4 members (excludes halogenated alkanes) is 12. The van der Waals surface area contributed by atoms with E-state index in [-0.39, 0.29) is 25.2 Å². The fourth-order valence-electron chi connectivity index (χ4n) is 6.35. The van der Waals surface area contributed by atoms with E-state index in [2.05, 4.69) is 38.8 Å². The fraction of sp³-hybridized carbons (Fsp3) is 0.810. The second kappa shape index (κ2) is 31.5. The highest BCUT2D eigenvalue weighted by molar-refractivity contribution is 5.97. The Labute approximate surface area is 356 Å². The minimum Gasteiger partial charge on any atom is -0.481 e. The summed E-state index contributed by atoms with van der Waals surface area (Å²) in [5, 5.41) is 42.7. The van der Waals surface area contributed by atoms with Crippen LogP contribution in [0, 0.1) is 11.8 Å². The highest BCUT2D eigenvalue weighted by atomic mass is 16.5. The molecule has 0 aromatic rings. The van der Waals surface area contributed by atoms with Crippen LogP contribution in [-0.4, -0.2) is 105 Å². The molecule has 18 heteroatoms. The summed E-state index contributed by atoms with van der Waals surface area (Å²) in [4.78, 5) is 102. The smallest absolute Gasteiger partial charge is 0.303 e. The molecule has 7 amide bonds. The van der Waals surface area contributed by atoms with Gasteiger partial charge in [0.15, 0.2) is 6.29 Å². The van der Waals surface area contributed by atoms with Crippen molar-refractivity contribution in [3.8, 4) is 0 Å². The Kier molecular flexibility index (Phi) is 29.3. The molecule has 6 atom stereocenters. The number of hydrogen-bond donors (Lipinski definition) is 10. The molecule has 18 nitrogen and oxygen atoms in total. The van der Waals surface area contributed by atoms with Crippen molar-refractivity contribution in [2.75, 3.05) is 0 Å². The summed E-state index contributed by atoms with van der Waals surface area (Å²) in [7, 11) is 0. The Hall–Kier alpha value is -4.32. The molecule has 0 fully saturated rings. The second-order valence-electron chi connectivity index (χ2n) is 16.5. The third kappa shape index (κ3) is 25.3. The van der Waals surface area contributed by atoms with Gasteiger partial charge in [0.05, 0.1) is 0 Å². The van der Waals surface area contributed by atoms with Gasteiger partial charge in [0.25, 0.3) is 0 Å². The Balaban J connectivity index is 5.17. The van der Waals surface area contributed by atoms with E-state index < -0.39 is 109 Å². The molecule has 346 valence electrons. The summed E-state index contributed by atoms with van der Waals surface area (Å²) in [5.74, 6) is -7.44. The first-order chi connectivity index (χ1) is 28.2. The van der Waals surface area contributed by atoms with Crippen LogP contribution in [0.4, 0.5) is 0 Å². The van der Waals surface area contributed by atoms with Crippen LogP contribution in [0.1, 0.15) is 164 Å². The number of nitrogens with one attached hydrogen (secondary N) is 6. The maximum Gasteiger partial charge on any atom is 0.303 e. The summed E-state index contributed by atoms with van der Waals surface area (Å²) in [6, 6.07) is -7.30. The summed E-state index contributed by atoms with van der Waals surface area (Å²) in [5.41, 5.74) is 5.33. The number of aliphatic carboxylic acids is 1. The predicted octanol–water partition coefficient (Wildman–Crippen LogP) is 2.17. The van der Waals surface area contributed by atoms with Crippen LogP contribution in [0.2, 0.25) is 0 Å². The summed E-state index contributed by atoms with van der Waals surface area (Å²) >= 11 is 0. The lowest BCUT2D eigenvalue weighted by Gasteiger charge is -2.29. The number of carboxylic acid groups (broad SMARTS) is 1. The lowest BCUT2D eigenvalue weighted by molar-refractivity contribution is -0.139. The minimum absolute atomic E-state index is 0.247. The van der Waals surface area contributed by atoms with Gasteiger partial charge < -0.3 is 53.0 Å². The van der Waals surface area contributed by atoms with Gasteiger partial charge in [0, 0.05) is 19.3 Å². The van der Waals surface area contributed by atoms with E-state index in [0.717, 1.165) is 19.3 Å². The normalized spacial score (nSPS) is 14.3. The number of aliphatic hydroxyl groups excluding tert-OH is 1. The Morgan fingerprint density at radius 1 is 0.467 bits per heavy atom. The van der Waals surface area contributed by atoms with E-state index in [1.54, 1.807) is 27.7 Å². The molecule has 0 spiro atoms. The molecule has 0 saturated carbocycles. The Bertz CT molecular complexity index is 1340. The summed E-state index contributed by atoms with van der Waals surface area (Å²) in [6.45, 7) is 11.7. The number of carbonyl (C=O) groups excluding carboxylic acids is 7. The van der Waals surface area contributed by atoms with Crippen LogP contribution in [0.5, 0.6) is 0 Å². The quantitative estimate of drug-likeness (QED) is 0.0331. The number of amides is 7. The molecular formula is C42H77N7O11. The average Bonchev–Trinajstić information content (AvgIpc) is 3.16. The second-order valence-corrected chi connectivity index (χ2v) is 16.5. The maximum atomic E-state index is 13.5. The molecule has 0 aliphatic rings. The van der Waals surface area contributed by atoms with E-state index >= 15 is 0 Å². The third-order valence-corrected chi connectivity index (χ3v) is 10.2. The number of hydrogen-bond acceptors (Lipinski definition) is 10. The molecule has 0 aromatic heterocycles. The summed E-state index contributed by atoms with van der Waals surface area (Å²) < 4.78 is 0. The van der Waals surface area contributed by atoms with Crippen molar-refractivity contribution in [1.82, 2.24) is 31.9 Å². The van der Waals surface area contributed by atoms with Gasteiger partial charge in [-0.15, -0.1) is 0 Å². The van der Waals surface area contributed by atoms with Crippen molar-refractivity contribution in [3.05, 3.63) is 0 Å². The zero-order chi connectivity index (χ0) is 45.8. The van der Waals surface area contributed by atoms with Gasteiger partial charge in [-0.2, -0.15) is 0 Å². The first-order valence-corrected chi connectivity index (χ1v) is 21.9. The van der Waals surface area contributed by atoms with Crippen molar-refractivity contribution in [2.24, 2.45) is 17.6 Å².